The van der Waals surface area contributed by atoms with Crippen LogP contribution >= 0.6 is 11.6 Å². The number of anilines is 1. The van der Waals surface area contributed by atoms with Gasteiger partial charge in [0.2, 0.25) is 0 Å². The van der Waals surface area contributed by atoms with Crippen LogP contribution in [-0.2, 0) is 16.6 Å². The lowest BCUT2D eigenvalue weighted by atomic mass is 10.2. The lowest BCUT2D eigenvalue weighted by Crippen LogP contribution is -2.14. The molecule has 0 heterocycles. The summed E-state index contributed by atoms with van der Waals surface area (Å²) in [6, 6.07) is 11.7. The number of nitrogens with one attached hydrogen (secondary N) is 1. The first kappa shape index (κ1) is 14.8. The molecular formula is C14H15ClN2O2S. The second kappa shape index (κ2) is 5.83. The van der Waals surface area contributed by atoms with Gasteiger partial charge in [-0.25, -0.2) is 8.42 Å². The summed E-state index contributed by atoms with van der Waals surface area (Å²) in [5.74, 6) is 0. The second-order valence-corrected chi connectivity index (χ2v) is 6.53. The molecule has 3 N–H and O–H groups in total. The van der Waals surface area contributed by atoms with Gasteiger partial charge in [-0.2, -0.15) is 0 Å². The topological polar surface area (TPSA) is 72.2 Å². The molecule has 0 aliphatic heterocycles. The summed E-state index contributed by atoms with van der Waals surface area (Å²) in [7, 11) is -3.68. The molecule has 0 atom stereocenters. The van der Waals surface area contributed by atoms with E-state index in [9.17, 15) is 8.42 Å². The number of benzene rings is 2. The van der Waals surface area contributed by atoms with Crippen molar-refractivity contribution in [3.63, 3.8) is 0 Å². The Hall–Kier alpha value is -1.56. The number of sulfonamides is 1. The molecule has 20 heavy (non-hydrogen) atoms. The quantitative estimate of drug-likeness (QED) is 0.912. The highest BCUT2D eigenvalue weighted by Gasteiger charge is 2.16. The van der Waals surface area contributed by atoms with Crippen molar-refractivity contribution in [3.05, 3.63) is 58.6 Å². The molecule has 4 nitrogen and oxygen atoms in total. The zero-order valence-corrected chi connectivity index (χ0v) is 12.5. The van der Waals surface area contributed by atoms with Gasteiger partial charge in [-0.1, -0.05) is 29.8 Å². The fourth-order valence-corrected chi connectivity index (χ4v) is 3.12. The van der Waals surface area contributed by atoms with Crippen LogP contribution in [0.25, 0.3) is 0 Å². The van der Waals surface area contributed by atoms with Gasteiger partial charge < -0.3 is 5.73 Å². The van der Waals surface area contributed by atoms with Gasteiger partial charge in [0, 0.05) is 6.54 Å². The van der Waals surface area contributed by atoms with E-state index in [1.165, 1.54) is 6.07 Å². The van der Waals surface area contributed by atoms with E-state index in [1.54, 1.807) is 30.3 Å². The number of aryl methyl sites for hydroxylation is 1. The van der Waals surface area contributed by atoms with E-state index < -0.39 is 10.0 Å². The average Bonchev–Trinajstić information content (AvgIpc) is 2.43. The molecule has 2 aromatic carbocycles. The highest BCUT2D eigenvalue weighted by Crippen LogP contribution is 2.25. The highest BCUT2D eigenvalue weighted by atomic mass is 35.5. The lowest BCUT2D eigenvalue weighted by molar-refractivity contribution is 0.601. The summed E-state index contributed by atoms with van der Waals surface area (Å²) in [4.78, 5) is 0.165. The lowest BCUT2D eigenvalue weighted by Gasteiger charge is -2.11. The van der Waals surface area contributed by atoms with Crippen LogP contribution in [0.2, 0.25) is 5.02 Å². The van der Waals surface area contributed by atoms with Crippen LogP contribution in [0.3, 0.4) is 0 Å². The molecule has 0 amide bonds. The third-order valence-electron chi connectivity index (χ3n) is 2.81. The van der Waals surface area contributed by atoms with Gasteiger partial charge in [0.1, 0.15) is 0 Å². The van der Waals surface area contributed by atoms with Crippen molar-refractivity contribution in [2.45, 2.75) is 18.4 Å². The molecule has 2 rings (SSSR count). The monoisotopic (exact) mass is 310 g/mol. The van der Waals surface area contributed by atoms with E-state index in [2.05, 4.69) is 4.72 Å². The zero-order chi connectivity index (χ0) is 14.8. The van der Waals surface area contributed by atoms with Gasteiger partial charge in [-0.15, -0.1) is 0 Å². The molecule has 0 unspecified atom stereocenters. The van der Waals surface area contributed by atoms with Crippen LogP contribution in [0.1, 0.15) is 11.1 Å². The van der Waals surface area contributed by atoms with Crippen LogP contribution in [-0.4, -0.2) is 8.42 Å². The molecule has 0 saturated carbocycles. The Kier molecular flexibility index (Phi) is 4.32. The Morgan fingerprint density at radius 3 is 2.65 bits per heavy atom. The molecular weight excluding hydrogens is 296 g/mol. The summed E-state index contributed by atoms with van der Waals surface area (Å²) in [5.41, 5.74) is 7.56. The Labute approximate surface area is 123 Å². The van der Waals surface area contributed by atoms with Crippen molar-refractivity contribution in [3.8, 4) is 0 Å². The summed E-state index contributed by atoms with van der Waals surface area (Å²) in [6.45, 7) is 2.15. The van der Waals surface area contributed by atoms with Crippen LogP contribution in [0.4, 0.5) is 5.69 Å². The van der Waals surface area contributed by atoms with E-state index in [4.69, 9.17) is 17.3 Å². The maximum absolute atomic E-state index is 12.3. The number of hydrogen-bond donors (Lipinski definition) is 2. The maximum Gasteiger partial charge on any atom is 0.261 e. The van der Waals surface area contributed by atoms with Crippen molar-refractivity contribution in [1.82, 2.24) is 0 Å². The number of hydrogen-bond acceptors (Lipinski definition) is 3. The van der Waals surface area contributed by atoms with E-state index in [0.29, 0.717) is 10.7 Å². The molecule has 0 spiro atoms. The predicted molar refractivity (Wildman–Crippen MR) is 81.3 cm³/mol. The van der Waals surface area contributed by atoms with Crippen molar-refractivity contribution in [2.75, 3.05) is 4.72 Å². The van der Waals surface area contributed by atoms with Crippen LogP contribution in [0.15, 0.2) is 47.4 Å². The molecule has 0 aromatic heterocycles. The van der Waals surface area contributed by atoms with Gasteiger partial charge >= 0.3 is 0 Å². The Bertz CT molecular complexity index is 730. The van der Waals surface area contributed by atoms with E-state index >= 15 is 0 Å². The van der Waals surface area contributed by atoms with Crippen LogP contribution in [0, 0.1) is 6.92 Å². The molecule has 106 valence electrons. The summed E-state index contributed by atoms with van der Waals surface area (Å²) in [5, 5.41) is 0.356. The van der Waals surface area contributed by atoms with Crippen LogP contribution < -0.4 is 10.5 Å². The number of nitrogens with two attached hydrogens (primary N) is 1. The Morgan fingerprint density at radius 2 is 1.95 bits per heavy atom. The van der Waals surface area contributed by atoms with Gasteiger partial charge in [-0.3, -0.25) is 4.72 Å². The molecule has 2 aromatic rings. The first-order chi connectivity index (χ1) is 9.42. The highest BCUT2D eigenvalue weighted by molar-refractivity contribution is 7.92. The van der Waals surface area contributed by atoms with Gasteiger partial charge in [-0.05, 0) is 42.3 Å². The summed E-state index contributed by atoms with van der Waals surface area (Å²) in [6.07, 6.45) is 0. The van der Waals surface area contributed by atoms with Crippen molar-refractivity contribution >= 4 is 27.3 Å². The Morgan fingerprint density at radius 1 is 1.20 bits per heavy atom. The normalized spacial score (nSPS) is 11.3. The summed E-state index contributed by atoms with van der Waals surface area (Å²) < 4.78 is 27.1. The SMILES string of the molecule is Cc1ccc(Cl)c(NS(=O)(=O)c2cccc(CN)c2)c1. The fourth-order valence-electron chi connectivity index (χ4n) is 1.76. The first-order valence-corrected chi connectivity index (χ1v) is 7.86. The molecule has 0 saturated heterocycles. The molecule has 0 aliphatic carbocycles. The van der Waals surface area contributed by atoms with E-state index in [1.807, 2.05) is 13.0 Å². The van der Waals surface area contributed by atoms with Crippen molar-refractivity contribution in [2.24, 2.45) is 5.73 Å². The predicted octanol–water partition coefficient (Wildman–Crippen LogP) is 2.91. The first-order valence-electron chi connectivity index (χ1n) is 6.00. The Balaban J connectivity index is 2.38. The van der Waals surface area contributed by atoms with E-state index in [-0.39, 0.29) is 11.4 Å². The third kappa shape index (κ3) is 3.30. The van der Waals surface area contributed by atoms with Gasteiger partial charge in [0.05, 0.1) is 15.6 Å². The second-order valence-electron chi connectivity index (χ2n) is 4.44. The zero-order valence-electron chi connectivity index (χ0n) is 10.9. The molecule has 0 aliphatic rings. The molecule has 0 bridgehead atoms. The third-order valence-corrected chi connectivity index (χ3v) is 4.50. The molecule has 6 heteroatoms. The van der Waals surface area contributed by atoms with Crippen molar-refractivity contribution < 1.29 is 8.42 Å². The standard InChI is InChI=1S/C14H15ClN2O2S/c1-10-5-6-13(15)14(7-10)17-20(18,19)12-4-2-3-11(8-12)9-16/h2-8,17H,9,16H2,1H3. The number of rotatable bonds is 4. The molecule has 0 fully saturated rings. The maximum atomic E-state index is 12.3. The summed E-state index contributed by atoms with van der Waals surface area (Å²) >= 11 is 6.00. The number of halogens is 1. The minimum absolute atomic E-state index is 0.165. The largest absolute Gasteiger partial charge is 0.326 e. The van der Waals surface area contributed by atoms with Gasteiger partial charge in [0.15, 0.2) is 0 Å². The van der Waals surface area contributed by atoms with Crippen molar-refractivity contribution in [1.29, 1.82) is 0 Å². The molecule has 0 radical (unpaired) electrons. The van der Waals surface area contributed by atoms with E-state index in [0.717, 1.165) is 11.1 Å². The minimum Gasteiger partial charge on any atom is -0.326 e. The van der Waals surface area contributed by atoms with Crippen LogP contribution in [0.5, 0.6) is 0 Å². The smallest absolute Gasteiger partial charge is 0.261 e. The van der Waals surface area contributed by atoms with Gasteiger partial charge in [0.25, 0.3) is 10.0 Å². The fraction of sp³-hybridized carbons (Fsp3) is 0.143. The minimum atomic E-state index is -3.68. The average molecular weight is 311 g/mol.